The van der Waals surface area contributed by atoms with Crippen LogP contribution in [-0.2, 0) is 6.54 Å². The summed E-state index contributed by atoms with van der Waals surface area (Å²) in [6.45, 7) is 11.6. The molecule has 0 radical (unpaired) electrons. The summed E-state index contributed by atoms with van der Waals surface area (Å²) in [5, 5.41) is 3.21. The second kappa shape index (κ2) is 8.10. The number of aromatic nitrogens is 2. The Labute approximate surface area is 117 Å². The molecule has 0 saturated heterocycles. The molecule has 0 saturated carbocycles. The molecule has 0 aromatic carbocycles. The lowest BCUT2D eigenvalue weighted by atomic mass is 10.2. The van der Waals surface area contributed by atoms with Crippen LogP contribution in [0.4, 0.5) is 5.69 Å². The summed E-state index contributed by atoms with van der Waals surface area (Å²) in [6.07, 6.45) is 4.29. The van der Waals surface area contributed by atoms with Crippen molar-refractivity contribution in [1.82, 2.24) is 15.3 Å². The van der Waals surface area contributed by atoms with Gasteiger partial charge in [-0.25, -0.2) is 9.97 Å². The molecule has 1 aromatic rings. The maximum Gasteiger partial charge on any atom is 0.131 e. The molecule has 1 heterocycles. The van der Waals surface area contributed by atoms with Crippen LogP contribution in [0.1, 0.15) is 58.0 Å². The molecule has 108 valence electrons. The van der Waals surface area contributed by atoms with Crippen molar-refractivity contribution in [3.8, 4) is 0 Å². The van der Waals surface area contributed by atoms with E-state index in [4.69, 9.17) is 4.98 Å². The standard InChI is InChI=1S/C15H28N4/c1-6-8-19(9-7-2)14-11-17-15(12(3)4)18-13(14)10-16-5/h11-12,16H,6-10H2,1-5H3. The fourth-order valence-electron chi connectivity index (χ4n) is 2.16. The van der Waals surface area contributed by atoms with E-state index in [1.54, 1.807) is 0 Å². The van der Waals surface area contributed by atoms with Crippen LogP contribution in [0.3, 0.4) is 0 Å². The van der Waals surface area contributed by atoms with Gasteiger partial charge < -0.3 is 10.2 Å². The van der Waals surface area contributed by atoms with E-state index in [2.05, 4.69) is 42.9 Å². The topological polar surface area (TPSA) is 41.1 Å². The summed E-state index contributed by atoms with van der Waals surface area (Å²) in [5.74, 6) is 1.30. The SMILES string of the molecule is CCCN(CCC)c1cnc(C(C)C)nc1CNC. The van der Waals surface area contributed by atoms with Gasteiger partial charge in [-0.1, -0.05) is 27.7 Å². The molecule has 0 aliphatic heterocycles. The van der Waals surface area contributed by atoms with Gasteiger partial charge in [-0.15, -0.1) is 0 Å². The first-order chi connectivity index (χ1) is 9.13. The zero-order chi connectivity index (χ0) is 14.3. The van der Waals surface area contributed by atoms with E-state index < -0.39 is 0 Å². The Morgan fingerprint density at radius 2 is 1.84 bits per heavy atom. The molecule has 0 atom stereocenters. The lowest BCUT2D eigenvalue weighted by Gasteiger charge is -2.26. The number of hydrogen-bond acceptors (Lipinski definition) is 4. The summed E-state index contributed by atoms with van der Waals surface area (Å²) in [5.41, 5.74) is 2.30. The zero-order valence-corrected chi connectivity index (χ0v) is 13.0. The molecule has 0 amide bonds. The molecule has 0 aliphatic carbocycles. The van der Waals surface area contributed by atoms with E-state index in [1.165, 1.54) is 5.69 Å². The maximum absolute atomic E-state index is 4.73. The first kappa shape index (κ1) is 15.9. The average Bonchev–Trinajstić information content (AvgIpc) is 2.39. The average molecular weight is 264 g/mol. The third-order valence-corrected chi connectivity index (χ3v) is 3.05. The Balaban J connectivity index is 3.08. The van der Waals surface area contributed by atoms with Gasteiger partial charge in [-0.05, 0) is 19.9 Å². The van der Waals surface area contributed by atoms with Gasteiger partial charge in [0.1, 0.15) is 5.82 Å². The van der Waals surface area contributed by atoms with Crippen molar-refractivity contribution in [3.05, 3.63) is 17.7 Å². The minimum Gasteiger partial charge on any atom is -0.369 e. The normalized spacial score (nSPS) is 11.1. The number of rotatable bonds is 8. The molecule has 0 fully saturated rings. The monoisotopic (exact) mass is 264 g/mol. The second-order valence-electron chi connectivity index (χ2n) is 5.23. The van der Waals surface area contributed by atoms with Gasteiger partial charge in [-0.2, -0.15) is 0 Å². The summed E-state index contributed by atoms with van der Waals surface area (Å²) < 4.78 is 0. The van der Waals surface area contributed by atoms with Gasteiger partial charge in [-0.3, -0.25) is 0 Å². The number of nitrogens with one attached hydrogen (secondary N) is 1. The van der Waals surface area contributed by atoms with E-state index in [-0.39, 0.29) is 0 Å². The predicted molar refractivity (Wildman–Crippen MR) is 81.7 cm³/mol. The van der Waals surface area contributed by atoms with Gasteiger partial charge in [0.2, 0.25) is 0 Å². The van der Waals surface area contributed by atoms with Crippen LogP contribution in [0, 0.1) is 0 Å². The summed E-state index contributed by atoms with van der Waals surface area (Å²) in [6, 6.07) is 0. The molecule has 4 nitrogen and oxygen atoms in total. The molecule has 4 heteroatoms. The number of nitrogens with zero attached hydrogens (tertiary/aromatic N) is 3. The fraction of sp³-hybridized carbons (Fsp3) is 0.733. The highest BCUT2D eigenvalue weighted by Crippen LogP contribution is 2.21. The quantitative estimate of drug-likeness (QED) is 0.784. The van der Waals surface area contributed by atoms with Crippen molar-refractivity contribution >= 4 is 5.69 Å². The lowest BCUT2D eigenvalue weighted by molar-refractivity contribution is 0.695. The van der Waals surface area contributed by atoms with Crippen molar-refractivity contribution < 1.29 is 0 Å². The fourth-order valence-corrected chi connectivity index (χ4v) is 2.16. The predicted octanol–water partition coefficient (Wildman–Crippen LogP) is 2.95. The van der Waals surface area contributed by atoms with E-state index in [0.717, 1.165) is 44.0 Å². The van der Waals surface area contributed by atoms with Crippen molar-refractivity contribution in [3.63, 3.8) is 0 Å². The molecule has 19 heavy (non-hydrogen) atoms. The smallest absolute Gasteiger partial charge is 0.131 e. The first-order valence-corrected chi connectivity index (χ1v) is 7.39. The van der Waals surface area contributed by atoms with Crippen molar-refractivity contribution in [2.75, 3.05) is 25.0 Å². The number of hydrogen-bond donors (Lipinski definition) is 1. The Hall–Kier alpha value is -1.16. The van der Waals surface area contributed by atoms with Gasteiger partial charge in [0.05, 0.1) is 17.6 Å². The third kappa shape index (κ3) is 4.46. The van der Waals surface area contributed by atoms with Crippen molar-refractivity contribution in [2.24, 2.45) is 0 Å². The lowest BCUT2D eigenvalue weighted by Crippen LogP contribution is -2.28. The molecule has 0 aliphatic rings. The molecule has 1 rings (SSSR count). The molecule has 1 N–H and O–H groups in total. The minimum atomic E-state index is 0.371. The third-order valence-electron chi connectivity index (χ3n) is 3.05. The molecule has 0 bridgehead atoms. The Morgan fingerprint density at radius 1 is 1.21 bits per heavy atom. The van der Waals surface area contributed by atoms with E-state index >= 15 is 0 Å². The van der Waals surface area contributed by atoms with E-state index in [9.17, 15) is 0 Å². The van der Waals surface area contributed by atoms with Crippen LogP contribution in [0.15, 0.2) is 6.20 Å². The second-order valence-corrected chi connectivity index (χ2v) is 5.23. The highest BCUT2D eigenvalue weighted by molar-refractivity contribution is 5.49. The molecular formula is C15H28N4. The largest absolute Gasteiger partial charge is 0.369 e. The Morgan fingerprint density at radius 3 is 2.32 bits per heavy atom. The molecule has 1 aromatic heterocycles. The summed E-state index contributed by atoms with van der Waals surface area (Å²) in [4.78, 5) is 11.7. The Kier molecular flexibility index (Phi) is 6.78. The van der Waals surface area contributed by atoms with E-state index in [0.29, 0.717) is 5.92 Å². The molecule has 0 spiro atoms. The van der Waals surface area contributed by atoms with Crippen LogP contribution < -0.4 is 10.2 Å². The minimum absolute atomic E-state index is 0.371. The summed E-state index contributed by atoms with van der Waals surface area (Å²) >= 11 is 0. The maximum atomic E-state index is 4.73. The van der Waals surface area contributed by atoms with Crippen molar-refractivity contribution in [1.29, 1.82) is 0 Å². The van der Waals surface area contributed by atoms with Crippen LogP contribution >= 0.6 is 0 Å². The number of anilines is 1. The first-order valence-electron chi connectivity index (χ1n) is 7.39. The van der Waals surface area contributed by atoms with Gasteiger partial charge in [0.25, 0.3) is 0 Å². The van der Waals surface area contributed by atoms with Crippen LogP contribution in [0.25, 0.3) is 0 Å². The highest BCUT2D eigenvalue weighted by atomic mass is 15.1. The van der Waals surface area contributed by atoms with Gasteiger partial charge >= 0.3 is 0 Å². The van der Waals surface area contributed by atoms with E-state index in [1.807, 2.05) is 13.2 Å². The van der Waals surface area contributed by atoms with Crippen LogP contribution in [0.2, 0.25) is 0 Å². The van der Waals surface area contributed by atoms with Crippen LogP contribution in [0.5, 0.6) is 0 Å². The molecular weight excluding hydrogens is 236 g/mol. The summed E-state index contributed by atoms with van der Waals surface area (Å²) in [7, 11) is 1.96. The zero-order valence-electron chi connectivity index (χ0n) is 13.0. The Bertz CT molecular complexity index is 370. The highest BCUT2D eigenvalue weighted by Gasteiger charge is 2.14. The van der Waals surface area contributed by atoms with Crippen LogP contribution in [-0.4, -0.2) is 30.1 Å². The van der Waals surface area contributed by atoms with Gasteiger partial charge in [0.15, 0.2) is 0 Å². The van der Waals surface area contributed by atoms with Crippen molar-refractivity contribution in [2.45, 2.75) is 53.0 Å². The molecule has 0 unspecified atom stereocenters. The van der Waals surface area contributed by atoms with Gasteiger partial charge in [0, 0.05) is 25.6 Å².